The van der Waals surface area contributed by atoms with Crippen LogP contribution in [0.2, 0.25) is 0 Å². The zero-order chi connectivity index (χ0) is 17.3. The first-order valence-corrected chi connectivity index (χ1v) is 9.75. The molecule has 0 radical (unpaired) electrons. The summed E-state index contributed by atoms with van der Waals surface area (Å²) in [6.07, 6.45) is 0. The van der Waals surface area contributed by atoms with Crippen molar-refractivity contribution in [3.63, 3.8) is 0 Å². The van der Waals surface area contributed by atoms with Crippen molar-refractivity contribution in [1.82, 2.24) is 9.62 Å². The SMILES string of the molecule is Cc1ccccc1C1C(=O)NCCN1S(=O)(=O)c1ccc(Br)cc1. The molecule has 2 aromatic carbocycles. The maximum absolute atomic E-state index is 13.1. The van der Waals surface area contributed by atoms with Gasteiger partial charge in [0.05, 0.1) is 4.90 Å². The van der Waals surface area contributed by atoms with E-state index in [1.165, 1.54) is 4.31 Å². The van der Waals surface area contributed by atoms with Crippen LogP contribution in [0, 0.1) is 6.92 Å². The average molecular weight is 409 g/mol. The van der Waals surface area contributed by atoms with Crippen LogP contribution in [0.5, 0.6) is 0 Å². The molecule has 1 N–H and O–H groups in total. The summed E-state index contributed by atoms with van der Waals surface area (Å²) in [7, 11) is -3.77. The van der Waals surface area contributed by atoms with Crippen LogP contribution >= 0.6 is 15.9 Å². The van der Waals surface area contributed by atoms with Crippen LogP contribution in [0.15, 0.2) is 57.9 Å². The summed E-state index contributed by atoms with van der Waals surface area (Å²) < 4.78 is 28.2. The quantitative estimate of drug-likeness (QED) is 0.848. The maximum Gasteiger partial charge on any atom is 0.244 e. The van der Waals surface area contributed by atoms with E-state index < -0.39 is 16.1 Å². The molecule has 126 valence electrons. The maximum atomic E-state index is 13.1. The van der Waals surface area contributed by atoms with Gasteiger partial charge in [-0.3, -0.25) is 4.79 Å². The van der Waals surface area contributed by atoms with E-state index in [9.17, 15) is 13.2 Å². The second kappa shape index (κ2) is 6.66. The molecule has 0 spiro atoms. The Kier molecular flexibility index (Phi) is 4.76. The Morgan fingerprint density at radius 2 is 1.79 bits per heavy atom. The van der Waals surface area contributed by atoms with Gasteiger partial charge < -0.3 is 5.32 Å². The van der Waals surface area contributed by atoms with Crippen molar-refractivity contribution in [3.8, 4) is 0 Å². The van der Waals surface area contributed by atoms with Gasteiger partial charge in [-0.1, -0.05) is 40.2 Å². The van der Waals surface area contributed by atoms with Gasteiger partial charge in [0.2, 0.25) is 15.9 Å². The number of carbonyl (C=O) groups excluding carboxylic acids is 1. The van der Waals surface area contributed by atoms with Gasteiger partial charge in [-0.15, -0.1) is 0 Å². The first kappa shape index (κ1) is 17.1. The lowest BCUT2D eigenvalue weighted by atomic mass is 9.99. The first-order valence-electron chi connectivity index (χ1n) is 7.52. The lowest BCUT2D eigenvalue weighted by Gasteiger charge is -2.35. The van der Waals surface area contributed by atoms with E-state index in [0.29, 0.717) is 12.1 Å². The Bertz CT molecular complexity index is 866. The van der Waals surface area contributed by atoms with E-state index in [2.05, 4.69) is 21.2 Å². The minimum absolute atomic E-state index is 0.180. The van der Waals surface area contributed by atoms with E-state index in [1.807, 2.05) is 25.1 Å². The third-order valence-corrected chi connectivity index (χ3v) is 6.48. The lowest BCUT2D eigenvalue weighted by Crippen LogP contribution is -2.52. The number of nitrogens with zero attached hydrogens (tertiary/aromatic N) is 1. The van der Waals surface area contributed by atoms with Crippen molar-refractivity contribution in [2.75, 3.05) is 13.1 Å². The van der Waals surface area contributed by atoms with Gasteiger partial charge in [-0.25, -0.2) is 8.42 Å². The molecule has 0 aromatic heterocycles. The number of benzene rings is 2. The van der Waals surface area contributed by atoms with Gasteiger partial charge in [0, 0.05) is 17.6 Å². The van der Waals surface area contributed by atoms with Crippen LogP contribution in [-0.2, 0) is 14.8 Å². The average Bonchev–Trinajstić information content (AvgIpc) is 2.56. The number of amides is 1. The first-order chi connectivity index (χ1) is 11.4. The molecule has 1 aliphatic rings. The van der Waals surface area contributed by atoms with Crippen molar-refractivity contribution >= 4 is 31.9 Å². The summed E-state index contributed by atoms with van der Waals surface area (Å²) in [6.45, 7) is 2.42. The predicted molar refractivity (Wildman–Crippen MR) is 95.0 cm³/mol. The zero-order valence-electron chi connectivity index (χ0n) is 13.1. The van der Waals surface area contributed by atoms with Crippen molar-refractivity contribution in [3.05, 3.63) is 64.1 Å². The molecule has 7 heteroatoms. The minimum atomic E-state index is -3.77. The summed E-state index contributed by atoms with van der Waals surface area (Å²) in [6, 6.07) is 13.0. The lowest BCUT2D eigenvalue weighted by molar-refractivity contribution is -0.126. The van der Waals surface area contributed by atoms with Crippen molar-refractivity contribution in [2.24, 2.45) is 0 Å². The largest absolute Gasteiger partial charge is 0.353 e. The molecule has 0 saturated carbocycles. The summed E-state index contributed by atoms with van der Waals surface area (Å²) in [5.74, 6) is -0.295. The highest BCUT2D eigenvalue weighted by molar-refractivity contribution is 9.10. The number of rotatable bonds is 3. The van der Waals surface area contributed by atoms with Crippen LogP contribution in [0.3, 0.4) is 0 Å². The monoisotopic (exact) mass is 408 g/mol. The normalized spacial score (nSPS) is 19.1. The summed E-state index contributed by atoms with van der Waals surface area (Å²) in [5, 5.41) is 2.77. The number of hydrogen-bond acceptors (Lipinski definition) is 3. The smallest absolute Gasteiger partial charge is 0.244 e. The molecule has 24 heavy (non-hydrogen) atoms. The fourth-order valence-electron chi connectivity index (χ4n) is 2.84. The Morgan fingerprint density at radius 3 is 2.46 bits per heavy atom. The van der Waals surface area contributed by atoms with Crippen molar-refractivity contribution in [1.29, 1.82) is 0 Å². The summed E-state index contributed by atoms with van der Waals surface area (Å²) >= 11 is 3.30. The number of nitrogens with one attached hydrogen (secondary N) is 1. The zero-order valence-corrected chi connectivity index (χ0v) is 15.5. The second-order valence-corrected chi connectivity index (χ2v) is 8.43. The molecule has 2 aromatic rings. The molecule has 3 rings (SSSR count). The van der Waals surface area contributed by atoms with Gasteiger partial charge in [0.15, 0.2) is 0 Å². The molecule has 0 bridgehead atoms. The van der Waals surface area contributed by atoms with Crippen LogP contribution < -0.4 is 5.32 Å². The van der Waals surface area contributed by atoms with Crippen LogP contribution in [0.25, 0.3) is 0 Å². The summed E-state index contributed by atoms with van der Waals surface area (Å²) in [5.41, 5.74) is 1.59. The fraction of sp³-hybridized carbons (Fsp3) is 0.235. The molecule has 1 atom stereocenters. The molecular weight excluding hydrogens is 392 g/mol. The molecule has 1 aliphatic heterocycles. The Morgan fingerprint density at radius 1 is 1.12 bits per heavy atom. The number of carbonyl (C=O) groups is 1. The highest BCUT2D eigenvalue weighted by Gasteiger charge is 2.39. The van der Waals surface area contributed by atoms with Crippen LogP contribution in [-0.4, -0.2) is 31.7 Å². The number of piperazine rings is 1. The number of halogens is 1. The van der Waals surface area contributed by atoms with Crippen molar-refractivity contribution < 1.29 is 13.2 Å². The van der Waals surface area contributed by atoms with E-state index >= 15 is 0 Å². The molecule has 1 unspecified atom stereocenters. The molecule has 1 amide bonds. The number of sulfonamides is 1. The molecule has 0 aliphatic carbocycles. The van der Waals surface area contributed by atoms with Gasteiger partial charge in [-0.05, 0) is 42.3 Å². The highest BCUT2D eigenvalue weighted by atomic mass is 79.9. The van der Waals surface area contributed by atoms with Gasteiger partial charge in [0.25, 0.3) is 0 Å². The molecule has 5 nitrogen and oxygen atoms in total. The third-order valence-electron chi connectivity index (χ3n) is 4.07. The third kappa shape index (κ3) is 3.11. The number of aryl methyl sites for hydroxylation is 1. The van der Waals surface area contributed by atoms with E-state index in [-0.39, 0.29) is 17.3 Å². The van der Waals surface area contributed by atoms with Crippen molar-refractivity contribution in [2.45, 2.75) is 17.9 Å². The molecule has 1 heterocycles. The standard InChI is InChI=1S/C17H17BrN2O3S/c1-12-4-2-3-5-15(12)16-17(21)19-10-11-20(16)24(22,23)14-8-6-13(18)7-9-14/h2-9,16H,10-11H2,1H3,(H,19,21). The Labute approximate surface area is 149 Å². The molecule has 1 fully saturated rings. The van der Waals surface area contributed by atoms with Crippen LogP contribution in [0.1, 0.15) is 17.2 Å². The molecular formula is C17H17BrN2O3S. The Balaban J connectivity index is 2.08. The molecule has 1 saturated heterocycles. The topological polar surface area (TPSA) is 66.5 Å². The van der Waals surface area contributed by atoms with E-state index in [0.717, 1.165) is 10.0 Å². The second-order valence-electron chi connectivity index (χ2n) is 5.62. The highest BCUT2D eigenvalue weighted by Crippen LogP contribution is 2.31. The Hall–Kier alpha value is -1.70. The van der Waals surface area contributed by atoms with E-state index in [4.69, 9.17) is 0 Å². The minimum Gasteiger partial charge on any atom is -0.353 e. The van der Waals surface area contributed by atoms with Gasteiger partial charge >= 0.3 is 0 Å². The van der Waals surface area contributed by atoms with Crippen LogP contribution in [0.4, 0.5) is 0 Å². The summed E-state index contributed by atoms with van der Waals surface area (Å²) in [4.78, 5) is 12.6. The van der Waals surface area contributed by atoms with Gasteiger partial charge in [0.1, 0.15) is 6.04 Å². The fourth-order valence-corrected chi connectivity index (χ4v) is 4.67. The number of hydrogen-bond donors (Lipinski definition) is 1. The van der Waals surface area contributed by atoms with Gasteiger partial charge in [-0.2, -0.15) is 4.31 Å². The predicted octanol–water partition coefficient (Wildman–Crippen LogP) is 2.62. The van der Waals surface area contributed by atoms with E-state index in [1.54, 1.807) is 30.3 Å².